The molecule has 0 saturated carbocycles. The van der Waals surface area contributed by atoms with Crippen molar-refractivity contribution in [3.63, 3.8) is 0 Å². The van der Waals surface area contributed by atoms with Crippen LogP contribution in [-0.2, 0) is 4.79 Å². The summed E-state index contributed by atoms with van der Waals surface area (Å²) in [4.78, 5) is 26.4. The highest BCUT2D eigenvalue weighted by Gasteiger charge is 2.20. The van der Waals surface area contributed by atoms with Crippen LogP contribution in [0.15, 0.2) is 5.38 Å². The minimum Gasteiger partial charge on any atom is -0.368 e. The first kappa shape index (κ1) is 12.0. The largest absolute Gasteiger partial charge is 0.368 e. The lowest BCUT2D eigenvalue weighted by Gasteiger charge is -2.04. The summed E-state index contributed by atoms with van der Waals surface area (Å²) in [5.74, 6) is -0.921. The lowest BCUT2D eigenvalue weighted by Crippen LogP contribution is -2.33. The number of aromatic nitrogens is 1. The third-order valence-electron chi connectivity index (χ3n) is 2.54. The van der Waals surface area contributed by atoms with Gasteiger partial charge in [-0.2, -0.15) is 0 Å². The first-order valence-electron chi connectivity index (χ1n) is 5.42. The number of hydrogen-bond donors (Lipinski definition) is 3. The molecule has 1 unspecified atom stereocenters. The topological polar surface area (TPSA) is 97.1 Å². The van der Waals surface area contributed by atoms with Crippen LogP contribution in [-0.4, -0.2) is 29.9 Å². The van der Waals surface area contributed by atoms with Gasteiger partial charge in [0.1, 0.15) is 10.7 Å². The molecule has 17 heavy (non-hydrogen) atoms. The molecule has 1 aliphatic rings. The minimum atomic E-state index is -0.564. The fourth-order valence-electron chi connectivity index (χ4n) is 1.71. The van der Waals surface area contributed by atoms with Gasteiger partial charge in [0.25, 0.3) is 5.91 Å². The Bertz CT molecular complexity index is 426. The quantitative estimate of drug-likeness (QED) is 0.692. The van der Waals surface area contributed by atoms with Crippen molar-refractivity contribution in [2.45, 2.75) is 18.9 Å². The maximum Gasteiger partial charge on any atom is 0.271 e. The van der Waals surface area contributed by atoms with Crippen molar-refractivity contribution in [1.29, 1.82) is 0 Å². The predicted molar refractivity (Wildman–Crippen MR) is 63.6 cm³/mol. The lowest BCUT2D eigenvalue weighted by atomic mass is 10.2. The van der Waals surface area contributed by atoms with Gasteiger partial charge in [-0.3, -0.25) is 9.59 Å². The van der Waals surface area contributed by atoms with Gasteiger partial charge in [-0.05, 0) is 19.4 Å². The molecule has 1 aromatic rings. The van der Waals surface area contributed by atoms with E-state index >= 15 is 0 Å². The molecular formula is C10H14N4O2S. The molecule has 7 heteroatoms. The van der Waals surface area contributed by atoms with Gasteiger partial charge in [-0.1, -0.05) is 0 Å². The van der Waals surface area contributed by atoms with E-state index in [1.165, 1.54) is 11.3 Å². The summed E-state index contributed by atoms with van der Waals surface area (Å²) in [6.45, 7) is 0.834. The fourth-order valence-corrected chi connectivity index (χ4v) is 2.61. The Morgan fingerprint density at radius 3 is 3.12 bits per heavy atom. The molecule has 1 aromatic heterocycles. The molecule has 92 valence electrons. The van der Waals surface area contributed by atoms with E-state index in [9.17, 15) is 9.59 Å². The Morgan fingerprint density at radius 2 is 2.47 bits per heavy atom. The van der Waals surface area contributed by atoms with Crippen LogP contribution in [0.4, 0.5) is 0 Å². The van der Waals surface area contributed by atoms with E-state index in [2.05, 4.69) is 15.6 Å². The molecule has 0 aromatic carbocycles. The molecular weight excluding hydrogens is 240 g/mol. The van der Waals surface area contributed by atoms with Gasteiger partial charge < -0.3 is 16.4 Å². The number of carbonyl (C=O) groups excluding carboxylic acids is 2. The number of rotatable bonds is 4. The van der Waals surface area contributed by atoms with E-state index in [1.807, 2.05) is 0 Å². The average Bonchev–Trinajstić information content (AvgIpc) is 2.94. The Kier molecular flexibility index (Phi) is 3.70. The molecule has 0 aliphatic carbocycles. The van der Waals surface area contributed by atoms with Crippen LogP contribution >= 0.6 is 11.3 Å². The van der Waals surface area contributed by atoms with Crippen molar-refractivity contribution in [3.05, 3.63) is 16.1 Å². The molecule has 0 bridgehead atoms. The standard InChI is InChI=1S/C10H14N4O2S/c11-8(15)4-13-9(16)7-5-17-10(14-7)6-2-1-3-12-6/h5-6,12H,1-4H2,(H2,11,15)(H,13,16). The summed E-state index contributed by atoms with van der Waals surface area (Å²) in [5.41, 5.74) is 5.29. The second-order valence-electron chi connectivity index (χ2n) is 3.87. The number of nitrogens with one attached hydrogen (secondary N) is 2. The predicted octanol–water partition coefficient (Wildman–Crippen LogP) is -0.217. The Hall–Kier alpha value is -1.47. The van der Waals surface area contributed by atoms with Crippen molar-refractivity contribution in [3.8, 4) is 0 Å². The number of nitrogens with two attached hydrogens (primary N) is 1. The molecule has 1 fully saturated rings. The summed E-state index contributed by atoms with van der Waals surface area (Å²) in [7, 11) is 0. The van der Waals surface area contributed by atoms with Crippen LogP contribution in [0.1, 0.15) is 34.4 Å². The van der Waals surface area contributed by atoms with Gasteiger partial charge in [0.15, 0.2) is 0 Å². The van der Waals surface area contributed by atoms with Crippen LogP contribution in [0.5, 0.6) is 0 Å². The maximum absolute atomic E-state index is 11.6. The summed E-state index contributed by atoms with van der Waals surface area (Å²) in [5, 5.41) is 8.35. The summed E-state index contributed by atoms with van der Waals surface area (Å²) < 4.78 is 0. The van der Waals surface area contributed by atoms with E-state index in [0.717, 1.165) is 24.4 Å². The highest BCUT2D eigenvalue weighted by Crippen LogP contribution is 2.25. The summed E-state index contributed by atoms with van der Waals surface area (Å²) >= 11 is 1.46. The molecule has 2 amide bonds. The van der Waals surface area contributed by atoms with Gasteiger partial charge >= 0.3 is 0 Å². The number of amides is 2. The van der Waals surface area contributed by atoms with Gasteiger partial charge in [0.05, 0.1) is 12.6 Å². The first-order chi connectivity index (χ1) is 8.16. The highest BCUT2D eigenvalue weighted by molar-refractivity contribution is 7.09. The third-order valence-corrected chi connectivity index (χ3v) is 3.49. The Balaban J connectivity index is 1.97. The minimum absolute atomic E-state index is 0.159. The molecule has 1 aliphatic heterocycles. The highest BCUT2D eigenvalue weighted by atomic mass is 32.1. The van der Waals surface area contributed by atoms with Gasteiger partial charge in [0.2, 0.25) is 5.91 Å². The smallest absolute Gasteiger partial charge is 0.271 e. The van der Waals surface area contributed by atoms with Crippen molar-refractivity contribution in [1.82, 2.24) is 15.6 Å². The molecule has 2 rings (SSSR count). The first-order valence-corrected chi connectivity index (χ1v) is 6.30. The van der Waals surface area contributed by atoms with Gasteiger partial charge in [-0.15, -0.1) is 11.3 Å². The van der Waals surface area contributed by atoms with Crippen LogP contribution in [0, 0.1) is 0 Å². The molecule has 0 spiro atoms. The van der Waals surface area contributed by atoms with Crippen LogP contribution < -0.4 is 16.4 Å². The zero-order valence-corrected chi connectivity index (χ0v) is 10.0. The van der Waals surface area contributed by atoms with Crippen LogP contribution in [0.25, 0.3) is 0 Å². The van der Waals surface area contributed by atoms with Crippen molar-refractivity contribution >= 4 is 23.2 Å². The molecule has 0 radical (unpaired) electrons. The van der Waals surface area contributed by atoms with E-state index in [-0.39, 0.29) is 18.5 Å². The zero-order chi connectivity index (χ0) is 12.3. The lowest BCUT2D eigenvalue weighted by molar-refractivity contribution is -0.117. The van der Waals surface area contributed by atoms with Crippen LogP contribution in [0.2, 0.25) is 0 Å². The SMILES string of the molecule is NC(=O)CNC(=O)c1csc(C2CCCN2)n1. The normalized spacial score (nSPS) is 19.2. The number of carbonyl (C=O) groups is 2. The second-order valence-corrected chi connectivity index (χ2v) is 4.76. The van der Waals surface area contributed by atoms with E-state index in [1.54, 1.807) is 5.38 Å². The summed E-state index contributed by atoms with van der Waals surface area (Å²) in [6.07, 6.45) is 2.18. The number of primary amides is 1. The zero-order valence-electron chi connectivity index (χ0n) is 9.23. The van der Waals surface area contributed by atoms with E-state index in [0.29, 0.717) is 5.69 Å². The van der Waals surface area contributed by atoms with Gasteiger partial charge in [-0.25, -0.2) is 4.98 Å². The molecule has 4 N–H and O–H groups in total. The monoisotopic (exact) mass is 254 g/mol. The van der Waals surface area contributed by atoms with Gasteiger partial charge in [0, 0.05) is 5.38 Å². The molecule has 1 saturated heterocycles. The van der Waals surface area contributed by atoms with Crippen LogP contribution in [0.3, 0.4) is 0 Å². The average molecular weight is 254 g/mol. The molecule has 2 heterocycles. The third kappa shape index (κ3) is 3.01. The number of nitrogens with zero attached hydrogens (tertiary/aromatic N) is 1. The van der Waals surface area contributed by atoms with Crippen molar-refractivity contribution in [2.24, 2.45) is 5.73 Å². The van der Waals surface area contributed by atoms with E-state index < -0.39 is 5.91 Å². The maximum atomic E-state index is 11.6. The fraction of sp³-hybridized carbons (Fsp3) is 0.500. The van der Waals surface area contributed by atoms with Crippen molar-refractivity contribution < 1.29 is 9.59 Å². The second kappa shape index (κ2) is 5.24. The van der Waals surface area contributed by atoms with E-state index in [4.69, 9.17) is 5.73 Å². The number of thiazole rings is 1. The molecule has 1 atom stereocenters. The Morgan fingerprint density at radius 1 is 1.65 bits per heavy atom. The summed E-state index contributed by atoms with van der Waals surface area (Å²) in [6, 6.07) is 0.262. The molecule has 6 nitrogen and oxygen atoms in total. The Labute approximate surface area is 103 Å². The van der Waals surface area contributed by atoms with Crippen molar-refractivity contribution in [2.75, 3.05) is 13.1 Å². The number of hydrogen-bond acceptors (Lipinski definition) is 5.